The first-order valence-corrected chi connectivity index (χ1v) is 7.69. The lowest BCUT2D eigenvalue weighted by molar-refractivity contribution is -0.160. The van der Waals surface area contributed by atoms with Crippen LogP contribution in [0.3, 0.4) is 0 Å². The number of carboxylic acid groups (broad SMARTS) is 1. The van der Waals surface area contributed by atoms with Crippen molar-refractivity contribution in [2.75, 3.05) is 0 Å². The van der Waals surface area contributed by atoms with Crippen molar-refractivity contribution in [3.8, 4) is 0 Å². The van der Waals surface area contributed by atoms with Gasteiger partial charge in [-0.25, -0.2) is 4.79 Å². The third kappa shape index (κ3) is 12.1. The van der Waals surface area contributed by atoms with E-state index in [-0.39, 0.29) is 19.3 Å². The van der Waals surface area contributed by atoms with Crippen LogP contribution in [0.2, 0.25) is 0 Å². The minimum atomic E-state index is -1.06. The molecule has 0 aliphatic heterocycles. The highest BCUT2D eigenvalue weighted by atomic mass is 16.6. The zero-order valence-corrected chi connectivity index (χ0v) is 12.8. The van der Waals surface area contributed by atoms with Crippen molar-refractivity contribution >= 4 is 17.9 Å². The number of rotatable bonds is 12. The van der Waals surface area contributed by atoms with Crippen molar-refractivity contribution in [3.05, 3.63) is 0 Å². The Balaban J connectivity index is 3.64. The number of carbonyl (C=O) groups excluding carboxylic acids is 2. The van der Waals surface area contributed by atoms with Gasteiger partial charge >= 0.3 is 17.9 Å². The lowest BCUT2D eigenvalue weighted by Crippen LogP contribution is -2.34. The van der Waals surface area contributed by atoms with Crippen molar-refractivity contribution in [2.45, 2.75) is 77.2 Å². The third-order valence-corrected chi connectivity index (χ3v) is 3.17. The Morgan fingerprint density at radius 1 is 1.00 bits per heavy atom. The average molecular weight is 301 g/mol. The summed E-state index contributed by atoms with van der Waals surface area (Å²) in [6, 6.07) is -1.06. The van der Waals surface area contributed by atoms with E-state index in [0.717, 1.165) is 12.8 Å². The summed E-state index contributed by atoms with van der Waals surface area (Å²) in [5.74, 6) is -2.46. The molecule has 0 saturated carbocycles. The second kappa shape index (κ2) is 12.3. The predicted octanol–water partition coefficient (Wildman–Crippen LogP) is 2.39. The van der Waals surface area contributed by atoms with Gasteiger partial charge in [0, 0.05) is 12.8 Å². The van der Waals surface area contributed by atoms with Crippen LogP contribution in [0.4, 0.5) is 0 Å². The molecule has 1 unspecified atom stereocenters. The van der Waals surface area contributed by atoms with Crippen molar-refractivity contribution < 1.29 is 24.2 Å². The number of hydrogen-bond donors (Lipinski definition) is 2. The maximum Gasteiger partial charge on any atom is 0.330 e. The van der Waals surface area contributed by atoms with Crippen molar-refractivity contribution in [2.24, 2.45) is 5.73 Å². The normalized spacial score (nSPS) is 11.9. The first-order chi connectivity index (χ1) is 9.97. The molecule has 0 spiro atoms. The van der Waals surface area contributed by atoms with E-state index in [4.69, 9.17) is 10.8 Å². The van der Waals surface area contributed by atoms with Gasteiger partial charge in [-0.1, -0.05) is 45.4 Å². The number of hydrogen-bond acceptors (Lipinski definition) is 5. The molecule has 0 fully saturated rings. The van der Waals surface area contributed by atoms with Gasteiger partial charge < -0.3 is 15.6 Å². The first-order valence-electron chi connectivity index (χ1n) is 7.69. The van der Waals surface area contributed by atoms with Crippen molar-refractivity contribution in [3.63, 3.8) is 0 Å². The Morgan fingerprint density at radius 2 is 1.57 bits per heavy atom. The number of ether oxygens (including phenoxy) is 1. The number of nitrogens with two attached hydrogens (primary N) is 1. The summed E-state index contributed by atoms with van der Waals surface area (Å²) in [5.41, 5.74) is 5.45. The molecule has 6 nitrogen and oxygen atoms in total. The lowest BCUT2D eigenvalue weighted by atomic mass is 10.1. The number of esters is 2. The highest BCUT2D eigenvalue weighted by molar-refractivity contribution is 5.88. The molecule has 0 aromatic rings. The molecule has 0 heterocycles. The van der Waals surface area contributed by atoms with Crippen LogP contribution in [-0.4, -0.2) is 29.1 Å². The fraction of sp³-hybridized carbons (Fsp3) is 0.800. The van der Waals surface area contributed by atoms with Crippen LogP contribution < -0.4 is 5.73 Å². The summed E-state index contributed by atoms with van der Waals surface area (Å²) >= 11 is 0. The smallest absolute Gasteiger partial charge is 0.330 e. The van der Waals surface area contributed by atoms with E-state index >= 15 is 0 Å². The number of aliphatic carboxylic acids is 1. The Hall–Kier alpha value is -1.43. The fourth-order valence-electron chi connectivity index (χ4n) is 1.86. The summed E-state index contributed by atoms with van der Waals surface area (Å²) in [5, 5.41) is 8.47. The van der Waals surface area contributed by atoms with E-state index in [1.165, 1.54) is 25.7 Å². The van der Waals surface area contributed by atoms with E-state index < -0.39 is 23.9 Å². The molecule has 0 aliphatic carbocycles. The third-order valence-electron chi connectivity index (χ3n) is 3.17. The molecule has 3 N–H and O–H groups in total. The molecule has 0 amide bonds. The molecular weight excluding hydrogens is 274 g/mol. The highest BCUT2D eigenvalue weighted by Crippen LogP contribution is 2.09. The Bertz CT molecular complexity index is 330. The molecule has 0 aromatic carbocycles. The van der Waals surface area contributed by atoms with Crippen LogP contribution in [0.15, 0.2) is 0 Å². The summed E-state index contributed by atoms with van der Waals surface area (Å²) in [6.07, 6.45) is 7.51. The van der Waals surface area contributed by atoms with E-state index in [2.05, 4.69) is 11.7 Å². The van der Waals surface area contributed by atoms with Crippen LogP contribution >= 0.6 is 0 Å². The second-order valence-electron chi connectivity index (χ2n) is 5.20. The predicted molar refractivity (Wildman–Crippen MR) is 78.6 cm³/mol. The topological polar surface area (TPSA) is 107 Å². The summed E-state index contributed by atoms with van der Waals surface area (Å²) in [4.78, 5) is 33.2. The summed E-state index contributed by atoms with van der Waals surface area (Å²) in [6.45, 7) is 2.16. The SMILES string of the molecule is CCCCCCCCCC(=O)OC(=O)C(N)CCC(=O)O. The van der Waals surface area contributed by atoms with Crippen LogP contribution in [0, 0.1) is 0 Å². The molecule has 122 valence electrons. The highest BCUT2D eigenvalue weighted by Gasteiger charge is 2.19. The molecule has 0 rings (SSSR count). The average Bonchev–Trinajstić information content (AvgIpc) is 2.43. The monoisotopic (exact) mass is 301 g/mol. The zero-order chi connectivity index (χ0) is 16.1. The number of carboxylic acids is 1. The molecule has 0 saturated heterocycles. The Morgan fingerprint density at radius 3 is 2.14 bits per heavy atom. The molecule has 0 aromatic heterocycles. The van der Waals surface area contributed by atoms with Crippen molar-refractivity contribution in [1.82, 2.24) is 0 Å². The van der Waals surface area contributed by atoms with Crippen LogP contribution in [0.25, 0.3) is 0 Å². The minimum absolute atomic E-state index is 0.0289. The first kappa shape index (κ1) is 19.6. The van der Waals surface area contributed by atoms with Gasteiger partial charge in [-0.2, -0.15) is 0 Å². The summed E-state index contributed by atoms with van der Waals surface area (Å²) < 4.78 is 4.59. The molecule has 0 aliphatic rings. The molecule has 6 heteroatoms. The molecule has 0 bridgehead atoms. The minimum Gasteiger partial charge on any atom is -0.481 e. The van der Waals surface area contributed by atoms with E-state index in [9.17, 15) is 14.4 Å². The summed E-state index contributed by atoms with van der Waals surface area (Å²) in [7, 11) is 0. The van der Waals surface area contributed by atoms with Gasteiger partial charge in [-0.05, 0) is 12.8 Å². The molecule has 21 heavy (non-hydrogen) atoms. The second-order valence-corrected chi connectivity index (χ2v) is 5.20. The Labute approximate surface area is 126 Å². The molecule has 1 atom stereocenters. The molecular formula is C15H27NO5. The van der Waals surface area contributed by atoms with E-state index in [1.807, 2.05) is 0 Å². The van der Waals surface area contributed by atoms with Crippen molar-refractivity contribution in [1.29, 1.82) is 0 Å². The van der Waals surface area contributed by atoms with Gasteiger partial charge in [-0.3, -0.25) is 9.59 Å². The van der Waals surface area contributed by atoms with Gasteiger partial charge in [-0.15, -0.1) is 0 Å². The quantitative estimate of drug-likeness (QED) is 0.325. The Kier molecular flexibility index (Phi) is 11.5. The standard InChI is InChI=1S/C15H27NO5/c1-2-3-4-5-6-7-8-9-14(19)21-15(20)12(16)10-11-13(17)18/h12H,2-11,16H2,1H3,(H,17,18). The zero-order valence-electron chi connectivity index (χ0n) is 12.8. The van der Waals surface area contributed by atoms with Crippen LogP contribution in [-0.2, 0) is 19.1 Å². The van der Waals surface area contributed by atoms with Gasteiger partial charge in [0.15, 0.2) is 0 Å². The van der Waals surface area contributed by atoms with Crippen LogP contribution in [0.5, 0.6) is 0 Å². The largest absolute Gasteiger partial charge is 0.481 e. The maximum absolute atomic E-state index is 11.4. The lowest BCUT2D eigenvalue weighted by Gasteiger charge is -2.09. The van der Waals surface area contributed by atoms with Crippen LogP contribution in [0.1, 0.15) is 71.1 Å². The van der Waals surface area contributed by atoms with Gasteiger partial charge in [0.25, 0.3) is 0 Å². The number of carbonyl (C=O) groups is 3. The van der Waals surface area contributed by atoms with E-state index in [1.54, 1.807) is 0 Å². The maximum atomic E-state index is 11.4. The van der Waals surface area contributed by atoms with E-state index in [0.29, 0.717) is 6.42 Å². The van der Waals surface area contributed by atoms with Gasteiger partial charge in [0.1, 0.15) is 6.04 Å². The van der Waals surface area contributed by atoms with Gasteiger partial charge in [0.05, 0.1) is 0 Å². The fourth-order valence-corrected chi connectivity index (χ4v) is 1.86. The van der Waals surface area contributed by atoms with Gasteiger partial charge in [0.2, 0.25) is 0 Å². The molecule has 0 radical (unpaired) electrons. The number of unbranched alkanes of at least 4 members (excludes halogenated alkanes) is 6.